The van der Waals surface area contributed by atoms with Gasteiger partial charge in [0.2, 0.25) is 0 Å². The molecular formula is C15H23NO3. The number of hydrogen-bond acceptors (Lipinski definition) is 3. The first-order valence-corrected chi connectivity index (χ1v) is 6.69. The quantitative estimate of drug-likeness (QED) is 0.823. The summed E-state index contributed by atoms with van der Waals surface area (Å²) < 4.78 is 5.61. The van der Waals surface area contributed by atoms with E-state index in [2.05, 4.69) is 0 Å². The van der Waals surface area contributed by atoms with Crippen molar-refractivity contribution >= 4 is 5.97 Å². The number of nitrogens with zero attached hydrogens (tertiary/aromatic N) is 1. The lowest BCUT2D eigenvalue weighted by atomic mass is 10.0. The predicted molar refractivity (Wildman–Crippen MR) is 75.5 cm³/mol. The molecule has 0 aliphatic heterocycles. The molecule has 0 aliphatic carbocycles. The minimum absolute atomic E-state index is 0.0104. The fourth-order valence-corrected chi connectivity index (χ4v) is 2.24. The molecule has 0 heterocycles. The Labute approximate surface area is 115 Å². The van der Waals surface area contributed by atoms with Crippen molar-refractivity contribution in [3.05, 3.63) is 29.8 Å². The second-order valence-corrected chi connectivity index (χ2v) is 4.57. The number of benzene rings is 1. The van der Waals surface area contributed by atoms with Crippen molar-refractivity contribution in [2.45, 2.75) is 39.3 Å². The zero-order chi connectivity index (χ0) is 14.4. The standard InChI is InChI=1S/C15H23NO3/c1-5-13(15(17)18)16(4)11(3)12-9-7-8-10-14(12)19-6-2/h7-11,13H,5-6H2,1-4H3,(H,17,18). The van der Waals surface area contributed by atoms with Crippen LogP contribution in [-0.4, -0.2) is 35.7 Å². The molecule has 2 atom stereocenters. The van der Waals surface area contributed by atoms with Crippen molar-refractivity contribution in [2.75, 3.05) is 13.7 Å². The summed E-state index contributed by atoms with van der Waals surface area (Å²) in [6, 6.07) is 7.29. The Morgan fingerprint density at radius 2 is 2.00 bits per heavy atom. The third-order valence-corrected chi connectivity index (χ3v) is 3.44. The molecule has 4 nitrogen and oxygen atoms in total. The molecule has 1 aromatic carbocycles. The van der Waals surface area contributed by atoms with E-state index >= 15 is 0 Å². The minimum atomic E-state index is -0.786. The van der Waals surface area contributed by atoms with Gasteiger partial charge in [0.15, 0.2) is 0 Å². The average molecular weight is 265 g/mol. The van der Waals surface area contributed by atoms with Crippen LogP contribution in [0.3, 0.4) is 0 Å². The molecule has 0 radical (unpaired) electrons. The van der Waals surface area contributed by atoms with Crippen molar-refractivity contribution in [3.8, 4) is 5.75 Å². The number of likely N-dealkylation sites (N-methyl/N-ethyl adjacent to an activating group) is 1. The van der Waals surface area contributed by atoms with Gasteiger partial charge < -0.3 is 9.84 Å². The number of ether oxygens (including phenoxy) is 1. The van der Waals surface area contributed by atoms with Gasteiger partial charge in [0, 0.05) is 11.6 Å². The monoisotopic (exact) mass is 265 g/mol. The Hall–Kier alpha value is -1.55. The van der Waals surface area contributed by atoms with E-state index in [4.69, 9.17) is 4.74 Å². The molecule has 0 bridgehead atoms. The zero-order valence-corrected chi connectivity index (χ0v) is 12.1. The number of aliphatic carboxylic acids is 1. The summed E-state index contributed by atoms with van der Waals surface area (Å²) in [5.41, 5.74) is 1.02. The maximum Gasteiger partial charge on any atom is 0.320 e. The molecule has 106 valence electrons. The lowest BCUT2D eigenvalue weighted by Gasteiger charge is -2.31. The van der Waals surface area contributed by atoms with Crippen LogP contribution in [0.5, 0.6) is 5.75 Å². The van der Waals surface area contributed by atoms with Crippen molar-refractivity contribution < 1.29 is 14.6 Å². The van der Waals surface area contributed by atoms with E-state index in [0.717, 1.165) is 11.3 Å². The number of carboxylic acids is 1. The highest BCUT2D eigenvalue weighted by Gasteiger charge is 2.26. The van der Waals surface area contributed by atoms with Crippen molar-refractivity contribution in [1.82, 2.24) is 4.90 Å². The topological polar surface area (TPSA) is 49.8 Å². The Morgan fingerprint density at radius 1 is 1.37 bits per heavy atom. The highest BCUT2D eigenvalue weighted by atomic mass is 16.5. The first-order valence-electron chi connectivity index (χ1n) is 6.69. The Balaban J connectivity index is 2.98. The lowest BCUT2D eigenvalue weighted by molar-refractivity contribution is -0.143. The van der Waals surface area contributed by atoms with E-state index in [-0.39, 0.29) is 6.04 Å². The summed E-state index contributed by atoms with van der Waals surface area (Å²) in [5, 5.41) is 9.24. The number of para-hydroxylation sites is 1. The Kier molecular flexibility index (Phi) is 5.83. The summed E-state index contributed by atoms with van der Waals surface area (Å²) in [5.74, 6) is 0.0373. The first-order chi connectivity index (χ1) is 9.02. The molecule has 0 saturated heterocycles. The third kappa shape index (κ3) is 3.70. The van der Waals surface area contributed by atoms with Gasteiger partial charge >= 0.3 is 5.97 Å². The Bertz CT molecular complexity index is 420. The maximum atomic E-state index is 11.2. The number of hydrogen-bond donors (Lipinski definition) is 1. The average Bonchev–Trinajstić information content (AvgIpc) is 2.39. The largest absolute Gasteiger partial charge is 0.494 e. The van der Waals surface area contributed by atoms with Crippen LogP contribution in [0.4, 0.5) is 0 Å². The SMILES string of the molecule is CCOc1ccccc1C(C)N(C)C(CC)C(=O)O. The van der Waals surface area contributed by atoms with Gasteiger partial charge in [-0.05, 0) is 33.4 Å². The van der Waals surface area contributed by atoms with Crippen LogP contribution in [0, 0.1) is 0 Å². The third-order valence-electron chi connectivity index (χ3n) is 3.44. The van der Waals surface area contributed by atoms with Gasteiger partial charge in [-0.25, -0.2) is 0 Å². The Morgan fingerprint density at radius 3 is 2.53 bits per heavy atom. The number of carboxylic acid groups (broad SMARTS) is 1. The van der Waals surface area contributed by atoms with Crippen LogP contribution >= 0.6 is 0 Å². The molecule has 0 aromatic heterocycles. The van der Waals surface area contributed by atoms with Crippen LogP contribution in [0.1, 0.15) is 38.8 Å². The fraction of sp³-hybridized carbons (Fsp3) is 0.533. The van der Waals surface area contributed by atoms with Crippen LogP contribution < -0.4 is 4.74 Å². The molecule has 4 heteroatoms. The molecule has 0 fully saturated rings. The van der Waals surface area contributed by atoms with Crippen molar-refractivity contribution in [1.29, 1.82) is 0 Å². The second kappa shape index (κ2) is 7.14. The smallest absolute Gasteiger partial charge is 0.320 e. The van der Waals surface area contributed by atoms with Gasteiger partial charge in [-0.15, -0.1) is 0 Å². The summed E-state index contributed by atoms with van der Waals surface area (Å²) in [4.78, 5) is 13.1. The van der Waals surface area contributed by atoms with Crippen LogP contribution in [0.25, 0.3) is 0 Å². The van der Waals surface area contributed by atoms with Gasteiger partial charge in [-0.1, -0.05) is 25.1 Å². The van der Waals surface area contributed by atoms with Crippen molar-refractivity contribution in [2.24, 2.45) is 0 Å². The van der Waals surface area contributed by atoms with Gasteiger partial charge in [0.1, 0.15) is 11.8 Å². The lowest BCUT2D eigenvalue weighted by Crippen LogP contribution is -2.39. The fourth-order valence-electron chi connectivity index (χ4n) is 2.24. The summed E-state index contributed by atoms with van der Waals surface area (Å²) in [7, 11) is 1.84. The predicted octanol–water partition coefficient (Wildman–Crippen LogP) is 2.94. The van der Waals surface area contributed by atoms with E-state index in [1.165, 1.54) is 0 Å². The molecule has 1 rings (SSSR count). The number of rotatable bonds is 7. The number of carbonyl (C=O) groups is 1. The van der Waals surface area contributed by atoms with Gasteiger partial charge in [0.25, 0.3) is 0 Å². The summed E-state index contributed by atoms with van der Waals surface area (Å²) in [6.45, 7) is 6.43. The molecule has 1 N–H and O–H groups in total. The summed E-state index contributed by atoms with van der Waals surface area (Å²) >= 11 is 0. The van der Waals surface area contributed by atoms with Gasteiger partial charge in [-0.3, -0.25) is 9.69 Å². The summed E-state index contributed by atoms with van der Waals surface area (Å²) in [6.07, 6.45) is 0.576. The van der Waals surface area contributed by atoms with Gasteiger partial charge in [0.05, 0.1) is 6.61 Å². The molecule has 0 amide bonds. The minimum Gasteiger partial charge on any atom is -0.494 e. The van der Waals surface area contributed by atoms with E-state index < -0.39 is 12.0 Å². The molecule has 0 saturated carbocycles. The highest BCUT2D eigenvalue weighted by molar-refractivity contribution is 5.73. The molecule has 2 unspecified atom stereocenters. The second-order valence-electron chi connectivity index (χ2n) is 4.57. The van der Waals surface area contributed by atoms with Crippen LogP contribution in [0.15, 0.2) is 24.3 Å². The molecule has 1 aromatic rings. The molecule has 0 aliphatic rings. The van der Waals surface area contributed by atoms with Crippen molar-refractivity contribution in [3.63, 3.8) is 0 Å². The molecule has 19 heavy (non-hydrogen) atoms. The zero-order valence-electron chi connectivity index (χ0n) is 12.1. The van der Waals surface area contributed by atoms with E-state index in [1.54, 1.807) is 0 Å². The van der Waals surface area contributed by atoms with E-state index in [9.17, 15) is 9.90 Å². The van der Waals surface area contributed by atoms with Gasteiger partial charge in [-0.2, -0.15) is 0 Å². The maximum absolute atomic E-state index is 11.2. The highest BCUT2D eigenvalue weighted by Crippen LogP contribution is 2.29. The molecule has 0 spiro atoms. The molecular weight excluding hydrogens is 242 g/mol. The van der Waals surface area contributed by atoms with Crippen LogP contribution in [0.2, 0.25) is 0 Å². The van der Waals surface area contributed by atoms with E-state index in [0.29, 0.717) is 13.0 Å². The normalized spacial score (nSPS) is 14.2. The van der Waals surface area contributed by atoms with Crippen LogP contribution in [-0.2, 0) is 4.79 Å². The van der Waals surface area contributed by atoms with E-state index in [1.807, 2.05) is 57.0 Å². The first kappa shape index (κ1) is 15.5.